The van der Waals surface area contributed by atoms with Gasteiger partial charge in [-0.05, 0) is 6.92 Å². The van der Waals surface area contributed by atoms with Crippen molar-refractivity contribution in [3.8, 4) is 0 Å². The van der Waals surface area contributed by atoms with Crippen LogP contribution in [0.1, 0.15) is 22.3 Å². The van der Waals surface area contributed by atoms with E-state index in [4.69, 9.17) is 0 Å². The van der Waals surface area contributed by atoms with Gasteiger partial charge in [-0.3, -0.25) is 0 Å². The third-order valence-corrected chi connectivity index (χ3v) is 1.84. The number of hydrogen-bond acceptors (Lipinski definition) is 0. The predicted octanol–water partition coefficient (Wildman–Crippen LogP) is -0.204. The molecule has 12 heavy (non-hydrogen) atoms. The average molecular weight is 279 g/mol. The third-order valence-electron chi connectivity index (χ3n) is 1.84. The summed E-state index contributed by atoms with van der Waals surface area (Å²) in [4.78, 5) is 0. The maximum atomic E-state index is 3.96. The first-order valence-corrected chi connectivity index (χ1v) is 3.51. The van der Waals surface area contributed by atoms with Gasteiger partial charge in [-0.1, -0.05) is 19.4 Å². The van der Waals surface area contributed by atoms with Crippen molar-refractivity contribution >= 4 is 0 Å². The molecule has 0 unspecified atom stereocenters. The van der Waals surface area contributed by atoms with Crippen molar-refractivity contribution in [1.82, 2.24) is 0 Å². The molecular weight excluding hydrogens is 265 g/mol. The van der Waals surface area contributed by atoms with E-state index in [1.54, 1.807) is 0 Å². The molecule has 0 aliphatic carbocycles. The molecule has 0 N–H and O–H groups in total. The summed E-state index contributed by atoms with van der Waals surface area (Å²) in [6.45, 7) is 10.3. The van der Waals surface area contributed by atoms with Gasteiger partial charge < -0.3 is 17.0 Å². The summed E-state index contributed by atoms with van der Waals surface area (Å²) < 4.78 is 0. The van der Waals surface area contributed by atoms with Crippen molar-refractivity contribution in [3.05, 3.63) is 41.3 Å². The molecular formula is C10H13BrZn. The average Bonchev–Trinajstić information content (AvgIpc) is 1.82. The van der Waals surface area contributed by atoms with Crippen LogP contribution in [-0.4, -0.2) is 0 Å². The molecule has 2 heteroatoms. The Morgan fingerprint density at radius 3 is 1.67 bits per heavy atom. The number of rotatable bonds is 0. The fourth-order valence-corrected chi connectivity index (χ4v) is 1.21. The molecule has 0 fully saturated rings. The molecule has 0 spiro atoms. The molecule has 1 aromatic rings. The summed E-state index contributed by atoms with van der Waals surface area (Å²) in [5, 5.41) is 0. The Bertz CT molecular complexity index is 233. The maximum absolute atomic E-state index is 3.96. The Morgan fingerprint density at radius 2 is 1.33 bits per heavy atom. The Hall–Kier alpha value is 0.193. The number of hydrogen-bond donors (Lipinski definition) is 0. The van der Waals surface area contributed by atoms with E-state index in [0.717, 1.165) is 0 Å². The fraction of sp³-hybridized carbons (Fsp3) is 0.300. The van der Waals surface area contributed by atoms with E-state index in [1.165, 1.54) is 22.3 Å². The Labute approximate surface area is 98.3 Å². The normalized spacial score (nSPS) is 8.25. The van der Waals surface area contributed by atoms with Crippen molar-refractivity contribution in [1.29, 1.82) is 0 Å². The summed E-state index contributed by atoms with van der Waals surface area (Å²) in [6.07, 6.45) is 0. The van der Waals surface area contributed by atoms with E-state index in [1.807, 2.05) is 0 Å². The molecule has 1 aromatic carbocycles. The van der Waals surface area contributed by atoms with Crippen molar-refractivity contribution in [2.45, 2.75) is 20.8 Å². The van der Waals surface area contributed by atoms with Crippen molar-refractivity contribution < 1.29 is 36.5 Å². The van der Waals surface area contributed by atoms with Crippen LogP contribution >= 0.6 is 0 Å². The van der Waals surface area contributed by atoms with Gasteiger partial charge in [-0.25, -0.2) is 0 Å². The van der Waals surface area contributed by atoms with E-state index in [-0.39, 0.29) is 36.5 Å². The van der Waals surface area contributed by atoms with Crippen molar-refractivity contribution in [2.75, 3.05) is 0 Å². The van der Waals surface area contributed by atoms with E-state index >= 15 is 0 Å². The summed E-state index contributed by atoms with van der Waals surface area (Å²) in [5.74, 6) is 0. The minimum absolute atomic E-state index is 0. The molecule has 0 radical (unpaired) electrons. The van der Waals surface area contributed by atoms with Crippen LogP contribution in [0.5, 0.6) is 0 Å². The first-order valence-electron chi connectivity index (χ1n) is 3.51. The van der Waals surface area contributed by atoms with E-state index in [2.05, 4.69) is 39.8 Å². The van der Waals surface area contributed by atoms with Crippen LogP contribution in [-0.2, 0) is 19.5 Å². The molecule has 0 atom stereocenters. The van der Waals surface area contributed by atoms with E-state index < -0.39 is 0 Å². The molecule has 0 amide bonds. The standard InChI is InChI=1S/C10H13.BrH.Zn/c1-7-5-8(2)10(4)9(3)6-7;;/h5-6H,4H2,1-3H3;1H;/q-1;;+2/p-1. The van der Waals surface area contributed by atoms with Crippen molar-refractivity contribution in [3.63, 3.8) is 0 Å². The van der Waals surface area contributed by atoms with E-state index in [9.17, 15) is 0 Å². The molecule has 0 saturated carbocycles. The van der Waals surface area contributed by atoms with Gasteiger partial charge in [0.25, 0.3) is 0 Å². The summed E-state index contributed by atoms with van der Waals surface area (Å²) >= 11 is 0. The minimum atomic E-state index is 0. The van der Waals surface area contributed by atoms with Gasteiger partial charge in [-0.2, -0.15) is 23.6 Å². The summed E-state index contributed by atoms with van der Waals surface area (Å²) in [5.41, 5.74) is 5.07. The monoisotopic (exact) mass is 276 g/mol. The van der Waals surface area contributed by atoms with Gasteiger partial charge in [0.2, 0.25) is 0 Å². The topological polar surface area (TPSA) is 0 Å². The fourth-order valence-electron chi connectivity index (χ4n) is 1.21. The largest absolute Gasteiger partial charge is 2.00 e. The van der Waals surface area contributed by atoms with Gasteiger partial charge in [0.15, 0.2) is 0 Å². The van der Waals surface area contributed by atoms with Crippen LogP contribution < -0.4 is 17.0 Å². The smallest absolute Gasteiger partial charge is 1.00 e. The van der Waals surface area contributed by atoms with Gasteiger partial charge in [-0.15, -0.1) is 12.1 Å². The SMILES string of the molecule is [Br-].[CH2-]c1c(C)cc(C)cc1C.[Zn+2]. The second-order valence-electron chi connectivity index (χ2n) is 2.88. The minimum Gasteiger partial charge on any atom is -1.00 e. The molecule has 0 aliphatic rings. The molecule has 0 bridgehead atoms. The molecule has 0 aliphatic heterocycles. The van der Waals surface area contributed by atoms with Crippen LogP contribution in [0, 0.1) is 27.7 Å². The van der Waals surface area contributed by atoms with Crippen molar-refractivity contribution in [2.24, 2.45) is 0 Å². The molecule has 0 aromatic heterocycles. The van der Waals surface area contributed by atoms with Crippen LogP contribution in [0.4, 0.5) is 0 Å². The zero-order chi connectivity index (χ0) is 7.72. The first-order chi connectivity index (χ1) is 4.61. The third kappa shape index (κ3) is 3.29. The Balaban J connectivity index is 0. The first kappa shape index (κ1) is 14.7. The van der Waals surface area contributed by atoms with E-state index in [0.29, 0.717) is 0 Å². The molecule has 0 nitrogen and oxygen atoms in total. The van der Waals surface area contributed by atoms with Crippen LogP contribution in [0.25, 0.3) is 0 Å². The molecule has 1 rings (SSSR count). The van der Waals surface area contributed by atoms with Crippen LogP contribution in [0.2, 0.25) is 0 Å². The van der Waals surface area contributed by atoms with Gasteiger partial charge in [0.05, 0.1) is 0 Å². The number of aryl methyl sites for hydroxylation is 3. The maximum Gasteiger partial charge on any atom is 2.00 e. The summed E-state index contributed by atoms with van der Waals surface area (Å²) in [7, 11) is 0. The number of benzene rings is 1. The predicted molar refractivity (Wildman–Crippen MR) is 45.1 cm³/mol. The zero-order valence-corrected chi connectivity index (χ0v) is 12.5. The zero-order valence-electron chi connectivity index (χ0n) is 7.95. The molecule has 0 saturated heterocycles. The van der Waals surface area contributed by atoms with Gasteiger partial charge in [0, 0.05) is 0 Å². The Morgan fingerprint density at radius 1 is 1.00 bits per heavy atom. The Kier molecular flexibility index (Phi) is 7.07. The molecule has 0 heterocycles. The quantitative estimate of drug-likeness (QED) is 0.455. The molecule has 62 valence electrons. The second kappa shape index (κ2) is 5.77. The second-order valence-corrected chi connectivity index (χ2v) is 2.88. The number of halogens is 1. The van der Waals surface area contributed by atoms with Gasteiger partial charge >= 0.3 is 19.5 Å². The van der Waals surface area contributed by atoms with Gasteiger partial charge in [0.1, 0.15) is 0 Å². The van der Waals surface area contributed by atoms with Crippen LogP contribution in [0.15, 0.2) is 12.1 Å². The summed E-state index contributed by atoms with van der Waals surface area (Å²) in [6, 6.07) is 4.32. The van der Waals surface area contributed by atoms with Crippen LogP contribution in [0.3, 0.4) is 0 Å².